The van der Waals surface area contributed by atoms with Crippen LogP contribution in [0.3, 0.4) is 0 Å². The lowest BCUT2D eigenvalue weighted by Crippen LogP contribution is -2.47. The number of fused-ring (bicyclic) bond motifs is 1. The number of hydrogen-bond donors (Lipinski definition) is 2. The monoisotopic (exact) mass is 290 g/mol. The van der Waals surface area contributed by atoms with E-state index in [0.29, 0.717) is 13.1 Å². The summed E-state index contributed by atoms with van der Waals surface area (Å²) in [6.07, 6.45) is -0.201. The summed E-state index contributed by atoms with van der Waals surface area (Å²) < 4.78 is 0. The van der Waals surface area contributed by atoms with Crippen molar-refractivity contribution >= 4 is 17.6 Å². The van der Waals surface area contributed by atoms with E-state index in [-0.39, 0.29) is 17.7 Å². The van der Waals surface area contributed by atoms with Crippen LogP contribution in [0.5, 0.6) is 0 Å². The zero-order chi connectivity index (χ0) is 15.6. The zero-order valence-electron chi connectivity index (χ0n) is 12.7. The molecule has 1 aromatic rings. The summed E-state index contributed by atoms with van der Waals surface area (Å²) in [6, 6.07) is 7.03. The van der Waals surface area contributed by atoms with Gasteiger partial charge >= 0.3 is 5.97 Å². The first-order valence-electron chi connectivity index (χ1n) is 7.12. The lowest BCUT2D eigenvalue weighted by Gasteiger charge is -2.31. The molecule has 0 bridgehead atoms. The van der Waals surface area contributed by atoms with Gasteiger partial charge in [0.2, 0.25) is 5.91 Å². The van der Waals surface area contributed by atoms with E-state index < -0.39 is 12.0 Å². The van der Waals surface area contributed by atoms with Crippen LogP contribution in [0, 0.1) is 5.41 Å². The largest absolute Gasteiger partial charge is 0.481 e. The van der Waals surface area contributed by atoms with Gasteiger partial charge in [0, 0.05) is 18.8 Å². The van der Waals surface area contributed by atoms with E-state index in [1.165, 1.54) is 0 Å². The van der Waals surface area contributed by atoms with Gasteiger partial charge in [0.1, 0.15) is 0 Å². The fourth-order valence-electron chi connectivity index (χ4n) is 2.52. The van der Waals surface area contributed by atoms with Crippen LogP contribution in [-0.4, -0.2) is 29.6 Å². The van der Waals surface area contributed by atoms with E-state index in [4.69, 9.17) is 5.11 Å². The maximum atomic E-state index is 12.7. The normalized spacial score (nSPS) is 19.1. The predicted octanol–water partition coefficient (Wildman–Crippen LogP) is 2.01. The fourth-order valence-corrected chi connectivity index (χ4v) is 2.52. The van der Waals surface area contributed by atoms with Crippen molar-refractivity contribution in [1.29, 1.82) is 0 Å². The third-order valence-corrected chi connectivity index (χ3v) is 3.40. The smallest absolute Gasteiger partial charge is 0.305 e. The Bertz CT molecular complexity index is 549. The van der Waals surface area contributed by atoms with E-state index in [0.717, 1.165) is 11.3 Å². The Labute approximate surface area is 125 Å². The first-order chi connectivity index (χ1) is 9.78. The molecule has 1 aromatic carbocycles. The van der Waals surface area contributed by atoms with Crippen molar-refractivity contribution < 1.29 is 14.7 Å². The summed E-state index contributed by atoms with van der Waals surface area (Å²) in [5.74, 6) is -1.14. The van der Waals surface area contributed by atoms with Gasteiger partial charge < -0.3 is 15.3 Å². The number of aliphatic carboxylic acids is 1. The molecule has 5 nitrogen and oxygen atoms in total. The van der Waals surface area contributed by atoms with Crippen molar-refractivity contribution in [2.75, 3.05) is 11.4 Å². The van der Waals surface area contributed by atoms with E-state index >= 15 is 0 Å². The molecular weight excluding hydrogens is 268 g/mol. The van der Waals surface area contributed by atoms with Crippen LogP contribution in [0.1, 0.15) is 32.8 Å². The summed E-state index contributed by atoms with van der Waals surface area (Å²) in [4.78, 5) is 25.4. The highest BCUT2D eigenvalue weighted by Gasteiger charge is 2.33. The summed E-state index contributed by atoms with van der Waals surface area (Å²) in [6.45, 7) is 7.25. The Morgan fingerprint density at radius 1 is 1.38 bits per heavy atom. The summed E-state index contributed by atoms with van der Waals surface area (Å²) >= 11 is 0. The number of para-hydroxylation sites is 1. The number of carbonyl (C=O) groups excluding carboxylic acids is 1. The molecule has 0 aliphatic carbocycles. The van der Waals surface area contributed by atoms with Crippen molar-refractivity contribution in [2.45, 2.75) is 39.8 Å². The van der Waals surface area contributed by atoms with Crippen molar-refractivity contribution in [3.63, 3.8) is 0 Å². The van der Waals surface area contributed by atoms with Crippen LogP contribution in [0.2, 0.25) is 0 Å². The second kappa shape index (κ2) is 5.85. The second-order valence-electron chi connectivity index (χ2n) is 6.65. The fraction of sp³-hybridized carbons (Fsp3) is 0.500. The molecule has 2 N–H and O–H groups in total. The molecule has 1 amide bonds. The van der Waals surface area contributed by atoms with Gasteiger partial charge in [-0.2, -0.15) is 0 Å². The molecule has 1 unspecified atom stereocenters. The van der Waals surface area contributed by atoms with E-state index in [9.17, 15) is 9.59 Å². The van der Waals surface area contributed by atoms with Gasteiger partial charge in [-0.15, -0.1) is 0 Å². The van der Waals surface area contributed by atoms with E-state index in [2.05, 4.69) is 26.1 Å². The van der Waals surface area contributed by atoms with Gasteiger partial charge in [-0.05, 0) is 17.0 Å². The maximum Gasteiger partial charge on any atom is 0.305 e. The summed E-state index contributed by atoms with van der Waals surface area (Å²) in [5, 5.41) is 12.1. The van der Waals surface area contributed by atoms with Gasteiger partial charge in [0.05, 0.1) is 12.5 Å². The molecule has 0 saturated heterocycles. The van der Waals surface area contributed by atoms with Crippen LogP contribution in [0.25, 0.3) is 0 Å². The maximum absolute atomic E-state index is 12.7. The number of hydrogen-bond acceptors (Lipinski definition) is 3. The molecule has 21 heavy (non-hydrogen) atoms. The van der Waals surface area contributed by atoms with Crippen LogP contribution in [0.15, 0.2) is 24.3 Å². The van der Waals surface area contributed by atoms with Crippen LogP contribution in [0.4, 0.5) is 5.69 Å². The third kappa shape index (κ3) is 3.82. The minimum absolute atomic E-state index is 0.0686. The van der Waals surface area contributed by atoms with Gasteiger partial charge in [-0.1, -0.05) is 39.0 Å². The number of anilines is 1. The SMILES string of the molecule is CC(C)(C)CN1C(=O)C(CC(=O)O)NCc2ccccc21. The van der Waals surface area contributed by atoms with Crippen molar-refractivity contribution in [1.82, 2.24) is 5.32 Å². The number of nitrogens with one attached hydrogen (secondary N) is 1. The molecule has 0 fully saturated rings. The highest BCUT2D eigenvalue weighted by molar-refractivity contribution is 6.00. The van der Waals surface area contributed by atoms with Crippen molar-refractivity contribution in [3.05, 3.63) is 29.8 Å². The number of carboxylic acids is 1. The van der Waals surface area contributed by atoms with Crippen LogP contribution in [-0.2, 0) is 16.1 Å². The topological polar surface area (TPSA) is 69.6 Å². The van der Waals surface area contributed by atoms with Gasteiger partial charge in [-0.25, -0.2) is 0 Å². The molecule has 5 heteroatoms. The zero-order valence-corrected chi connectivity index (χ0v) is 12.7. The standard InChI is InChI=1S/C16H22N2O3/c1-16(2,3)10-18-13-7-5-4-6-11(13)9-17-12(15(18)21)8-14(19)20/h4-7,12,17H,8-10H2,1-3H3,(H,19,20). The van der Waals surface area contributed by atoms with E-state index in [1.54, 1.807) is 4.90 Å². The molecule has 0 radical (unpaired) electrons. The lowest BCUT2D eigenvalue weighted by atomic mass is 9.95. The highest BCUT2D eigenvalue weighted by atomic mass is 16.4. The average Bonchev–Trinajstić information content (AvgIpc) is 2.49. The van der Waals surface area contributed by atoms with Crippen LogP contribution >= 0.6 is 0 Å². The summed E-state index contributed by atoms with van der Waals surface area (Å²) in [5.41, 5.74) is 1.82. The predicted molar refractivity (Wildman–Crippen MR) is 81.1 cm³/mol. The number of carboxylic acid groups (broad SMARTS) is 1. The minimum atomic E-state index is -0.970. The molecule has 2 rings (SSSR count). The van der Waals surface area contributed by atoms with Gasteiger partial charge in [0.15, 0.2) is 0 Å². The average molecular weight is 290 g/mol. The third-order valence-electron chi connectivity index (χ3n) is 3.40. The Morgan fingerprint density at radius 2 is 2.05 bits per heavy atom. The minimum Gasteiger partial charge on any atom is -0.481 e. The van der Waals surface area contributed by atoms with Crippen molar-refractivity contribution in [2.24, 2.45) is 5.41 Å². The number of carbonyl (C=O) groups is 2. The highest BCUT2D eigenvalue weighted by Crippen LogP contribution is 2.28. The Morgan fingerprint density at radius 3 is 2.67 bits per heavy atom. The molecular formula is C16H22N2O3. The molecule has 0 saturated carbocycles. The summed E-state index contributed by atoms with van der Waals surface area (Å²) in [7, 11) is 0. The van der Waals surface area contributed by atoms with E-state index in [1.807, 2.05) is 24.3 Å². The van der Waals surface area contributed by atoms with Crippen LogP contribution < -0.4 is 10.2 Å². The number of rotatable bonds is 3. The Hall–Kier alpha value is -1.88. The second-order valence-corrected chi connectivity index (χ2v) is 6.65. The number of nitrogens with zero attached hydrogens (tertiary/aromatic N) is 1. The quantitative estimate of drug-likeness (QED) is 0.893. The number of benzene rings is 1. The lowest BCUT2D eigenvalue weighted by molar-refractivity contribution is -0.139. The molecule has 0 spiro atoms. The molecule has 114 valence electrons. The molecule has 1 aliphatic heterocycles. The van der Waals surface area contributed by atoms with Gasteiger partial charge in [-0.3, -0.25) is 9.59 Å². The molecule has 0 aromatic heterocycles. The molecule has 1 heterocycles. The first-order valence-corrected chi connectivity index (χ1v) is 7.12. The van der Waals surface area contributed by atoms with Gasteiger partial charge in [0.25, 0.3) is 0 Å². The number of amides is 1. The Balaban J connectivity index is 2.38. The Kier molecular flexibility index (Phi) is 4.32. The first kappa shape index (κ1) is 15.5. The van der Waals surface area contributed by atoms with Crippen molar-refractivity contribution in [3.8, 4) is 0 Å². The molecule has 1 atom stereocenters. The molecule has 1 aliphatic rings.